The Bertz CT molecular complexity index is 1900. The highest BCUT2D eigenvalue weighted by Crippen LogP contribution is 2.47. The molecule has 3 aromatic rings. The molecule has 3 aliphatic heterocycles. The molecule has 4 heterocycles. The third-order valence-electron chi connectivity index (χ3n) is 9.05. The standard InChI is InChI=1S/C34H40N6O7.ClH/c1-20(2)18-27(35)30(42)36-14-16-37(17-15-36)33(45)46-24-10-11-25-28(19-24)47-34(4,5)26-12-13-38-31(43)39(32(44)40(38)29(25)26)23-8-6-22(7-9-23)21(3)41;/h6-12,19-20,27,29H,13-18,35H2,1-5H3;1H/t27-,29?;/m0./s1. The number of piperazine rings is 1. The fraction of sp³-hybridized carbons (Fsp3) is 0.441. The first-order chi connectivity index (χ1) is 22.3. The summed E-state index contributed by atoms with van der Waals surface area (Å²) in [5.74, 6) is 0.764. The van der Waals surface area contributed by atoms with Gasteiger partial charge in [-0.15, -0.1) is 12.4 Å². The maximum absolute atomic E-state index is 13.9. The molecule has 0 spiro atoms. The number of hydrogen-bond acceptors (Lipinski definition) is 8. The Morgan fingerprint density at radius 3 is 2.25 bits per heavy atom. The van der Waals surface area contributed by atoms with E-state index in [1.807, 2.05) is 33.8 Å². The Morgan fingerprint density at radius 1 is 0.979 bits per heavy atom. The number of benzene rings is 2. The fourth-order valence-corrected chi connectivity index (χ4v) is 6.62. The number of carbonyl (C=O) groups excluding carboxylic acids is 3. The van der Waals surface area contributed by atoms with Gasteiger partial charge in [0.05, 0.1) is 18.3 Å². The molecule has 13 nitrogen and oxygen atoms in total. The molecule has 2 N–H and O–H groups in total. The van der Waals surface area contributed by atoms with Crippen molar-refractivity contribution >= 4 is 30.2 Å². The van der Waals surface area contributed by atoms with E-state index in [4.69, 9.17) is 15.2 Å². The van der Waals surface area contributed by atoms with Crippen molar-refractivity contribution in [3.63, 3.8) is 0 Å². The van der Waals surface area contributed by atoms with Crippen molar-refractivity contribution in [3.05, 3.63) is 86.2 Å². The quantitative estimate of drug-likeness (QED) is 0.308. The van der Waals surface area contributed by atoms with Gasteiger partial charge in [0.15, 0.2) is 5.78 Å². The van der Waals surface area contributed by atoms with E-state index in [1.165, 1.54) is 16.3 Å². The molecule has 256 valence electrons. The van der Waals surface area contributed by atoms with Crippen LogP contribution in [0.25, 0.3) is 5.69 Å². The second-order valence-electron chi connectivity index (χ2n) is 13.2. The fourth-order valence-electron chi connectivity index (χ4n) is 6.62. The first kappa shape index (κ1) is 34.7. The number of nitrogens with two attached hydrogens (primary N) is 1. The zero-order valence-electron chi connectivity index (χ0n) is 27.7. The summed E-state index contributed by atoms with van der Waals surface area (Å²) in [5, 5.41) is 0. The number of amides is 2. The van der Waals surface area contributed by atoms with Gasteiger partial charge < -0.3 is 25.0 Å². The van der Waals surface area contributed by atoms with E-state index in [9.17, 15) is 24.0 Å². The van der Waals surface area contributed by atoms with Crippen LogP contribution >= 0.6 is 12.4 Å². The van der Waals surface area contributed by atoms with Crippen LogP contribution in [0.2, 0.25) is 0 Å². The highest BCUT2D eigenvalue weighted by molar-refractivity contribution is 5.94. The molecule has 1 fully saturated rings. The Morgan fingerprint density at radius 2 is 1.62 bits per heavy atom. The van der Waals surface area contributed by atoms with Gasteiger partial charge in [0.25, 0.3) is 0 Å². The lowest BCUT2D eigenvalue weighted by Gasteiger charge is -2.42. The molecule has 0 aliphatic carbocycles. The summed E-state index contributed by atoms with van der Waals surface area (Å²) in [6, 6.07) is 10.2. The first-order valence-electron chi connectivity index (χ1n) is 15.9. The van der Waals surface area contributed by atoms with E-state index < -0.39 is 35.2 Å². The maximum atomic E-state index is 13.9. The van der Waals surface area contributed by atoms with Crippen molar-refractivity contribution in [2.45, 2.75) is 65.3 Å². The van der Waals surface area contributed by atoms with E-state index >= 15 is 0 Å². The average Bonchev–Trinajstić information content (AvgIpc) is 3.29. The van der Waals surface area contributed by atoms with Crippen molar-refractivity contribution in [3.8, 4) is 17.2 Å². The minimum Gasteiger partial charge on any atom is -0.483 e. The second kappa shape index (κ2) is 13.1. The largest absolute Gasteiger partial charge is 0.483 e. The van der Waals surface area contributed by atoms with Crippen LogP contribution in [0.15, 0.2) is 63.7 Å². The molecule has 14 heteroatoms. The van der Waals surface area contributed by atoms with Gasteiger partial charge in [-0.1, -0.05) is 19.9 Å². The van der Waals surface area contributed by atoms with Crippen molar-refractivity contribution in [1.82, 2.24) is 23.7 Å². The van der Waals surface area contributed by atoms with Crippen LogP contribution in [-0.2, 0) is 11.3 Å². The molecule has 1 unspecified atom stereocenters. The Kier molecular flexibility index (Phi) is 9.48. The summed E-state index contributed by atoms with van der Waals surface area (Å²) < 4.78 is 16.1. The number of hydrogen-bond donors (Lipinski definition) is 1. The number of aromatic nitrogens is 3. The van der Waals surface area contributed by atoms with E-state index in [-0.39, 0.29) is 36.4 Å². The molecule has 2 aromatic carbocycles. The zero-order chi connectivity index (χ0) is 33.8. The smallest absolute Gasteiger partial charge is 0.415 e. The molecule has 6 rings (SSSR count). The summed E-state index contributed by atoms with van der Waals surface area (Å²) in [6.07, 6.45) is 1.96. The number of fused-ring (bicyclic) bond motifs is 5. The number of nitrogens with zero attached hydrogens (tertiary/aromatic N) is 5. The van der Waals surface area contributed by atoms with Crippen LogP contribution in [0.4, 0.5) is 4.79 Å². The molecule has 0 radical (unpaired) electrons. The molecule has 1 saturated heterocycles. The Hall–Kier alpha value is -4.62. The van der Waals surface area contributed by atoms with Gasteiger partial charge in [0.2, 0.25) is 5.91 Å². The SMILES string of the molecule is CC(=O)c1ccc(-n2c(=O)n3n(c2=O)C2C(=CC3)C(C)(C)Oc3cc(OC(=O)N4CCN(C(=O)[C@@H](N)CC(C)C)CC4)ccc32)cc1.Cl. The molecule has 3 aliphatic rings. The second-order valence-corrected chi connectivity index (χ2v) is 13.2. The van der Waals surface area contributed by atoms with Crippen LogP contribution in [0.3, 0.4) is 0 Å². The van der Waals surface area contributed by atoms with Crippen molar-refractivity contribution < 1.29 is 23.9 Å². The minimum absolute atomic E-state index is 0. The number of Topliss-reactive ketones (excluding diaryl/α,β-unsaturated/α-hetero) is 1. The third kappa shape index (κ3) is 6.19. The van der Waals surface area contributed by atoms with Crippen LogP contribution in [0.1, 0.15) is 63.0 Å². The minimum atomic E-state index is -0.842. The summed E-state index contributed by atoms with van der Waals surface area (Å²) in [4.78, 5) is 68.3. The van der Waals surface area contributed by atoms with E-state index in [0.29, 0.717) is 61.1 Å². The lowest BCUT2D eigenvalue weighted by molar-refractivity contribution is -0.134. The number of ether oxygens (including phenoxy) is 2. The molecule has 1 aromatic heterocycles. The number of allylic oxidation sites excluding steroid dienone is 1. The van der Waals surface area contributed by atoms with E-state index in [2.05, 4.69) is 0 Å². The van der Waals surface area contributed by atoms with Gasteiger partial charge in [-0.25, -0.2) is 28.3 Å². The molecule has 2 atom stereocenters. The first-order valence-corrected chi connectivity index (χ1v) is 15.9. The van der Waals surface area contributed by atoms with Crippen LogP contribution in [-0.4, -0.2) is 79.3 Å². The predicted molar refractivity (Wildman–Crippen MR) is 181 cm³/mol. The zero-order valence-corrected chi connectivity index (χ0v) is 28.5. The number of halogens is 1. The lowest BCUT2D eigenvalue weighted by atomic mass is 9.83. The van der Waals surface area contributed by atoms with Gasteiger partial charge in [0.1, 0.15) is 23.1 Å². The van der Waals surface area contributed by atoms with Gasteiger partial charge in [-0.3, -0.25) is 9.59 Å². The monoisotopic (exact) mass is 680 g/mol. The molecule has 48 heavy (non-hydrogen) atoms. The number of carbonyl (C=O) groups is 3. The van der Waals surface area contributed by atoms with Crippen molar-refractivity contribution in [1.29, 1.82) is 0 Å². The Labute approximate surface area is 283 Å². The average molecular weight is 681 g/mol. The summed E-state index contributed by atoms with van der Waals surface area (Å²) in [5.41, 5.74) is 6.52. The van der Waals surface area contributed by atoms with Crippen LogP contribution in [0, 0.1) is 5.92 Å². The summed E-state index contributed by atoms with van der Waals surface area (Å²) >= 11 is 0. The summed E-state index contributed by atoms with van der Waals surface area (Å²) in [6.45, 7) is 10.8. The van der Waals surface area contributed by atoms with Gasteiger partial charge in [-0.2, -0.15) is 0 Å². The van der Waals surface area contributed by atoms with Crippen LogP contribution < -0.4 is 26.6 Å². The molecule has 0 saturated carbocycles. The lowest BCUT2D eigenvalue weighted by Crippen LogP contribution is -2.55. The van der Waals surface area contributed by atoms with Crippen molar-refractivity contribution in [2.24, 2.45) is 11.7 Å². The topological polar surface area (TPSA) is 151 Å². The van der Waals surface area contributed by atoms with Gasteiger partial charge in [0, 0.05) is 43.4 Å². The van der Waals surface area contributed by atoms with Crippen molar-refractivity contribution in [2.75, 3.05) is 26.2 Å². The molecular formula is C34H41ClN6O7. The summed E-state index contributed by atoms with van der Waals surface area (Å²) in [7, 11) is 0. The third-order valence-corrected chi connectivity index (χ3v) is 9.05. The molecule has 2 amide bonds. The maximum Gasteiger partial charge on any atom is 0.415 e. The number of rotatable bonds is 6. The highest BCUT2D eigenvalue weighted by Gasteiger charge is 2.44. The van der Waals surface area contributed by atoms with Crippen LogP contribution in [0.5, 0.6) is 11.5 Å². The predicted octanol–water partition coefficient (Wildman–Crippen LogP) is 3.14. The normalized spacial score (nSPS) is 18.4. The molecule has 0 bridgehead atoms. The van der Waals surface area contributed by atoms with Gasteiger partial charge >= 0.3 is 17.5 Å². The van der Waals surface area contributed by atoms with E-state index in [0.717, 1.165) is 10.1 Å². The van der Waals surface area contributed by atoms with Gasteiger partial charge in [-0.05, 0) is 75.1 Å². The van der Waals surface area contributed by atoms with E-state index in [1.54, 1.807) is 52.3 Å². The molecular weight excluding hydrogens is 640 g/mol. The number of ketones is 1. The highest BCUT2D eigenvalue weighted by atomic mass is 35.5. The Balaban J connectivity index is 0.00000451.